The summed E-state index contributed by atoms with van der Waals surface area (Å²) in [5, 5.41) is 8.01. The molecule has 0 aliphatic carbocycles. The zero-order valence-corrected chi connectivity index (χ0v) is 11.4. The van der Waals surface area contributed by atoms with E-state index in [9.17, 15) is 0 Å². The lowest BCUT2D eigenvalue weighted by Gasteiger charge is -2.26. The lowest BCUT2D eigenvalue weighted by atomic mass is 9.93. The Bertz CT molecular complexity index is 554. The molecule has 1 saturated heterocycles. The zero-order valence-electron chi connectivity index (χ0n) is 10.6. The second-order valence-corrected chi connectivity index (χ2v) is 5.31. The Morgan fingerprint density at radius 1 is 1.42 bits per heavy atom. The van der Waals surface area contributed by atoms with Crippen LogP contribution in [0.2, 0.25) is 5.02 Å². The number of nitrogens with zero attached hydrogens (tertiary/aromatic N) is 3. The van der Waals surface area contributed by atoms with Gasteiger partial charge in [-0.15, -0.1) is 0 Å². The van der Waals surface area contributed by atoms with E-state index in [1.165, 1.54) is 12.8 Å². The van der Waals surface area contributed by atoms with Gasteiger partial charge in [-0.05, 0) is 37.4 Å². The third-order valence-electron chi connectivity index (χ3n) is 3.43. The molecular formula is C13H15ClN4O. The van der Waals surface area contributed by atoms with E-state index in [0.29, 0.717) is 28.3 Å². The van der Waals surface area contributed by atoms with Gasteiger partial charge in [0.05, 0.1) is 11.1 Å². The van der Waals surface area contributed by atoms with E-state index >= 15 is 0 Å². The molecule has 0 spiro atoms. The van der Waals surface area contributed by atoms with Gasteiger partial charge in [0.25, 0.3) is 0 Å². The minimum Gasteiger partial charge on any atom is -0.337 e. The molecule has 1 fully saturated rings. The Morgan fingerprint density at radius 2 is 2.32 bits per heavy atom. The monoisotopic (exact) mass is 278 g/mol. The van der Waals surface area contributed by atoms with Crippen molar-refractivity contribution in [2.24, 2.45) is 5.92 Å². The zero-order chi connectivity index (χ0) is 13.2. The van der Waals surface area contributed by atoms with Crippen molar-refractivity contribution < 1.29 is 4.52 Å². The maximum absolute atomic E-state index is 5.81. The van der Waals surface area contributed by atoms with Crippen molar-refractivity contribution in [3.63, 3.8) is 0 Å². The van der Waals surface area contributed by atoms with Crippen LogP contribution in [-0.2, 0) is 0 Å². The Balaban J connectivity index is 1.84. The maximum Gasteiger partial charge on any atom is 0.244 e. The molecule has 100 valence electrons. The van der Waals surface area contributed by atoms with E-state index in [4.69, 9.17) is 16.1 Å². The highest BCUT2D eigenvalue weighted by atomic mass is 35.5. The SMILES string of the molecule is CC1CCCNC1c1nc(-c2ccc(Cl)cn2)no1. The Morgan fingerprint density at radius 3 is 3.05 bits per heavy atom. The van der Waals surface area contributed by atoms with E-state index in [1.54, 1.807) is 18.3 Å². The van der Waals surface area contributed by atoms with Crippen LogP contribution in [-0.4, -0.2) is 21.7 Å². The third-order valence-corrected chi connectivity index (χ3v) is 3.66. The molecule has 1 aliphatic rings. The van der Waals surface area contributed by atoms with E-state index in [-0.39, 0.29) is 6.04 Å². The Hall–Kier alpha value is -1.46. The van der Waals surface area contributed by atoms with Crippen molar-refractivity contribution in [2.45, 2.75) is 25.8 Å². The summed E-state index contributed by atoms with van der Waals surface area (Å²) >= 11 is 5.81. The number of nitrogens with one attached hydrogen (secondary N) is 1. The van der Waals surface area contributed by atoms with Gasteiger partial charge in [0.1, 0.15) is 5.69 Å². The fourth-order valence-corrected chi connectivity index (χ4v) is 2.47. The van der Waals surface area contributed by atoms with Crippen LogP contribution < -0.4 is 5.32 Å². The first-order chi connectivity index (χ1) is 9.24. The second-order valence-electron chi connectivity index (χ2n) is 4.87. The largest absolute Gasteiger partial charge is 0.337 e. The number of hydrogen-bond acceptors (Lipinski definition) is 5. The van der Waals surface area contributed by atoms with Crippen molar-refractivity contribution >= 4 is 11.6 Å². The third kappa shape index (κ3) is 2.62. The molecular weight excluding hydrogens is 264 g/mol. The Kier molecular flexibility index (Phi) is 3.48. The van der Waals surface area contributed by atoms with Gasteiger partial charge in [-0.2, -0.15) is 4.98 Å². The van der Waals surface area contributed by atoms with Crippen LogP contribution >= 0.6 is 11.6 Å². The van der Waals surface area contributed by atoms with Crippen molar-refractivity contribution in [2.75, 3.05) is 6.54 Å². The molecule has 5 nitrogen and oxygen atoms in total. The number of hydrogen-bond donors (Lipinski definition) is 1. The molecule has 3 heterocycles. The first kappa shape index (κ1) is 12.6. The van der Waals surface area contributed by atoms with Crippen molar-refractivity contribution in [3.8, 4) is 11.5 Å². The molecule has 3 rings (SSSR count). The highest BCUT2D eigenvalue weighted by molar-refractivity contribution is 6.30. The molecule has 0 aromatic carbocycles. The molecule has 0 bridgehead atoms. The summed E-state index contributed by atoms with van der Waals surface area (Å²) in [5.74, 6) is 1.64. The minimum atomic E-state index is 0.141. The van der Waals surface area contributed by atoms with E-state index in [2.05, 4.69) is 27.4 Å². The van der Waals surface area contributed by atoms with Crippen molar-refractivity contribution in [1.82, 2.24) is 20.4 Å². The molecule has 0 radical (unpaired) electrons. The topological polar surface area (TPSA) is 63.8 Å². The number of pyridine rings is 1. The molecule has 2 aromatic heterocycles. The number of piperidine rings is 1. The van der Waals surface area contributed by atoms with Crippen LogP contribution in [0.1, 0.15) is 31.7 Å². The average Bonchev–Trinajstić information content (AvgIpc) is 2.89. The first-order valence-corrected chi connectivity index (χ1v) is 6.81. The maximum atomic E-state index is 5.81. The van der Waals surface area contributed by atoms with Crippen molar-refractivity contribution in [1.29, 1.82) is 0 Å². The molecule has 2 aromatic rings. The summed E-state index contributed by atoms with van der Waals surface area (Å²) in [7, 11) is 0. The number of rotatable bonds is 2. The van der Waals surface area contributed by atoms with Gasteiger partial charge in [0.15, 0.2) is 0 Å². The summed E-state index contributed by atoms with van der Waals surface area (Å²) in [6.45, 7) is 3.19. The van der Waals surface area contributed by atoms with Crippen LogP contribution in [0.25, 0.3) is 11.5 Å². The summed E-state index contributed by atoms with van der Waals surface area (Å²) in [6, 6.07) is 3.69. The average molecular weight is 279 g/mol. The minimum absolute atomic E-state index is 0.141. The van der Waals surface area contributed by atoms with Gasteiger partial charge in [-0.1, -0.05) is 23.7 Å². The van der Waals surface area contributed by atoms with E-state index < -0.39 is 0 Å². The molecule has 19 heavy (non-hydrogen) atoms. The van der Waals surface area contributed by atoms with Crippen LogP contribution in [0.3, 0.4) is 0 Å². The van der Waals surface area contributed by atoms with Crippen LogP contribution in [0.15, 0.2) is 22.9 Å². The molecule has 0 saturated carbocycles. The standard InChI is InChI=1S/C13H15ClN4O/c1-8-3-2-6-15-11(8)13-17-12(18-19-13)10-5-4-9(14)7-16-10/h4-5,7-8,11,15H,2-3,6H2,1H3. The molecule has 1 N–H and O–H groups in total. The predicted molar refractivity (Wildman–Crippen MR) is 71.7 cm³/mol. The number of aromatic nitrogens is 3. The summed E-state index contributed by atoms with van der Waals surface area (Å²) < 4.78 is 5.36. The highest BCUT2D eigenvalue weighted by Crippen LogP contribution is 2.28. The van der Waals surface area contributed by atoms with Crippen LogP contribution in [0, 0.1) is 5.92 Å². The van der Waals surface area contributed by atoms with Gasteiger partial charge in [-0.25, -0.2) is 0 Å². The quantitative estimate of drug-likeness (QED) is 0.915. The fraction of sp³-hybridized carbons (Fsp3) is 0.462. The molecule has 0 amide bonds. The smallest absolute Gasteiger partial charge is 0.244 e. The van der Waals surface area contributed by atoms with E-state index in [1.807, 2.05) is 0 Å². The summed E-state index contributed by atoms with van der Waals surface area (Å²) in [4.78, 5) is 8.63. The predicted octanol–water partition coefficient (Wildman–Crippen LogP) is 2.85. The van der Waals surface area contributed by atoms with E-state index in [0.717, 1.165) is 6.54 Å². The lowest BCUT2D eigenvalue weighted by Crippen LogP contribution is -2.33. The van der Waals surface area contributed by atoms with Gasteiger partial charge in [-0.3, -0.25) is 4.98 Å². The first-order valence-electron chi connectivity index (χ1n) is 6.43. The normalized spacial score (nSPS) is 23.5. The second kappa shape index (κ2) is 5.27. The Labute approximate surface area is 116 Å². The van der Waals surface area contributed by atoms with Crippen LogP contribution in [0.5, 0.6) is 0 Å². The van der Waals surface area contributed by atoms with Crippen LogP contribution in [0.4, 0.5) is 0 Å². The molecule has 2 atom stereocenters. The van der Waals surface area contributed by atoms with Gasteiger partial charge in [0.2, 0.25) is 11.7 Å². The van der Waals surface area contributed by atoms with Crippen molar-refractivity contribution in [3.05, 3.63) is 29.2 Å². The summed E-state index contributed by atoms with van der Waals surface area (Å²) in [6.07, 6.45) is 3.94. The van der Waals surface area contributed by atoms with Gasteiger partial charge >= 0.3 is 0 Å². The summed E-state index contributed by atoms with van der Waals surface area (Å²) in [5.41, 5.74) is 0.669. The van der Waals surface area contributed by atoms with Gasteiger partial charge in [0, 0.05) is 6.20 Å². The molecule has 1 aliphatic heterocycles. The lowest BCUT2D eigenvalue weighted by molar-refractivity contribution is 0.239. The number of halogens is 1. The fourth-order valence-electron chi connectivity index (χ4n) is 2.35. The highest BCUT2D eigenvalue weighted by Gasteiger charge is 2.27. The molecule has 6 heteroatoms. The molecule has 2 unspecified atom stereocenters. The van der Waals surface area contributed by atoms with Gasteiger partial charge < -0.3 is 9.84 Å².